The SMILES string of the molecule is CC(=O)N1CCN(S(=O)(=O)c2cccc(C(=O)Nc3ccnn3[C@H](C)C3CC3)c2)CC1. The maximum absolute atomic E-state index is 13.1. The second-order valence-electron chi connectivity index (χ2n) is 8.13. The minimum atomic E-state index is -3.76. The highest BCUT2D eigenvalue weighted by Gasteiger charge is 2.31. The molecule has 2 fully saturated rings. The van der Waals surface area contributed by atoms with Crippen molar-refractivity contribution in [3.8, 4) is 0 Å². The van der Waals surface area contributed by atoms with Crippen LogP contribution in [0.1, 0.15) is 43.1 Å². The van der Waals surface area contributed by atoms with Crippen LogP contribution in [0.2, 0.25) is 0 Å². The molecule has 1 aromatic heterocycles. The number of hydrogen-bond donors (Lipinski definition) is 1. The van der Waals surface area contributed by atoms with E-state index < -0.39 is 10.0 Å². The van der Waals surface area contributed by atoms with E-state index in [9.17, 15) is 18.0 Å². The highest BCUT2D eigenvalue weighted by Crippen LogP contribution is 2.40. The Kier molecular flexibility index (Phi) is 5.85. The van der Waals surface area contributed by atoms with Crippen LogP contribution in [0.15, 0.2) is 41.4 Å². The highest BCUT2D eigenvalue weighted by molar-refractivity contribution is 7.89. The third-order valence-corrected chi connectivity index (χ3v) is 7.91. The average Bonchev–Trinajstić information content (AvgIpc) is 3.52. The second kappa shape index (κ2) is 8.43. The van der Waals surface area contributed by atoms with Gasteiger partial charge >= 0.3 is 0 Å². The molecule has 1 N–H and O–H groups in total. The molecule has 4 rings (SSSR count). The molecule has 9 nitrogen and oxygen atoms in total. The number of nitrogens with one attached hydrogen (secondary N) is 1. The number of rotatable bonds is 6. The number of nitrogens with zero attached hydrogens (tertiary/aromatic N) is 4. The van der Waals surface area contributed by atoms with Gasteiger partial charge in [0.25, 0.3) is 5.91 Å². The lowest BCUT2D eigenvalue weighted by molar-refractivity contribution is -0.129. The Morgan fingerprint density at radius 3 is 2.48 bits per heavy atom. The zero-order chi connectivity index (χ0) is 22.2. The monoisotopic (exact) mass is 445 g/mol. The molecule has 1 saturated carbocycles. The van der Waals surface area contributed by atoms with E-state index in [0.717, 1.165) is 12.8 Å². The van der Waals surface area contributed by atoms with Crippen LogP contribution in [0.5, 0.6) is 0 Å². The van der Waals surface area contributed by atoms with Crippen molar-refractivity contribution in [2.24, 2.45) is 5.92 Å². The van der Waals surface area contributed by atoms with Gasteiger partial charge in [0.15, 0.2) is 0 Å². The van der Waals surface area contributed by atoms with Crippen molar-refractivity contribution in [1.29, 1.82) is 0 Å². The fourth-order valence-electron chi connectivity index (χ4n) is 3.89. The van der Waals surface area contributed by atoms with Gasteiger partial charge in [0.05, 0.1) is 17.1 Å². The third-order valence-electron chi connectivity index (χ3n) is 6.02. The number of carbonyl (C=O) groups excluding carboxylic acids is 2. The molecule has 1 aromatic carbocycles. The van der Waals surface area contributed by atoms with E-state index in [1.807, 2.05) is 4.68 Å². The van der Waals surface area contributed by atoms with Crippen molar-refractivity contribution in [3.63, 3.8) is 0 Å². The lowest BCUT2D eigenvalue weighted by Crippen LogP contribution is -2.49. The van der Waals surface area contributed by atoms with Gasteiger partial charge in [-0.3, -0.25) is 9.59 Å². The van der Waals surface area contributed by atoms with E-state index in [1.54, 1.807) is 29.3 Å². The van der Waals surface area contributed by atoms with Gasteiger partial charge < -0.3 is 10.2 Å². The summed E-state index contributed by atoms with van der Waals surface area (Å²) < 4.78 is 29.3. The summed E-state index contributed by atoms with van der Waals surface area (Å²) in [5, 5.41) is 7.19. The number of benzene rings is 1. The minimum Gasteiger partial charge on any atom is -0.340 e. The van der Waals surface area contributed by atoms with E-state index in [0.29, 0.717) is 24.8 Å². The summed E-state index contributed by atoms with van der Waals surface area (Å²) in [4.78, 5) is 26.0. The average molecular weight is 446 g/mol. The third kappa shape index (κ3) is 4.49. The van der Waals surface area contributed by atoms with E-state index in [-0.39, 0.29) is 41.4 Å². The Morgan fingerprint density at radius 1 is 1.13 bits per heavy atom. The molecule has 31 heavy (non-hydrogen) atoms. The van der Waals surface area contributed by atoms with Crippen LogP contribution in [0.4, 0.5) is 5.82 Å². The number of sulfonamides is 1. The van der Waals surface area contributed by atoms with Gasteiger partial charge in [0, 0.05) is 44.7 Å². The molecule has 2 amide bonds. The van der Waals surface area contributed by atoms with Crippen LogP contribution < -0.4 is 5.32 Å². The highest BCUT2D eigenvalue weighted by atomic mass is 32.2. The van der Waals surface area contributed by atoms with Gasteiger partial charge in [0.1, 0.15) is 5.82 Å². The Bertz CT molecular complexity index is 1080. The van der Waals surface area contributed by atoms with Gasteiger partial charge in [-0.2, -0.15) is 9.40 Å². The fourth-order valence-corrected chi connectivity index (χ4v) is 5.36. The minimum absolute atomic E-state index is 0.0639. The number of carbonyl (C=O) groups is 2. The molecule has 166 valence electrons. The molecule has 0 radical (unpaired) electrons. The smallest absolute Gasteiger partial charge is 0.256 e. The molecule has 1 atom stereocenters. The van der Waals surface area contributed by atoms with E-state index in [4.69, 9.17) is 0 Å². The first-order chi connectivity index (χ1) is 14.8. The first-order valence-corrected chi connectivity index (χ1v) is 11.9. The van der Waals surface area contributed by atoms with Crippen molar-refractivity contribution in [2.75, 3.05) is 31.5 Å². The van der Waals surface area contributed by atoms with Crippen molar-refractivity contribution >= 4 is 27.7 Å². The molecule has 2 aromatic rings. The van der Waals surface area contributed by atoms with Crippen LogP contribution >= 0.6 is 0 Å². The quantitative estimate of drug-likeness (QED) is 0.732. The molecular weight excluding hydrogens is 418 g/mol. The second-order valence-corrected chi connectivity index (χ2v) is 10.1. The Labute approximate surface area is 182 Å². The molecule has 2 heterocycles. The number of amides is 2. The summed E-state index contributed by atoms with van der Waals surface area (Å²) in [6.45, 7) is 4.74. The van der Waals surface area contributed by atoms with Crippen LogP contribution in [-0.4, -0.2) is 65.4 Å². The predicted octanol–water partition coefficient (Wildman–Crippen LogP) is 1.96. The van der Waals surface area contributed by atoms with Crippen LogP contribution in [0, 0.1) is 5.92 Å². The summed E-state index contributed by atoms with van der Waals surface area (Å²) in [6, 6.07) is 7.98. The zero-order valence-electron chi connectivity index (χ0n) is 17.7. The summed E-state index contributed by atoms with van der Waals surface area (Å²) in [5.74, 6) is 0.722. The zero-order valence-corrected chi connectivity index (χ0v) is 18.5. The molecule has 0 spiro atoms. The van der Waals surface area contributed by atoms with Crippen molar-refractivity contribution < 1.29 is 18.0 Å². The van der Waals surface area contributed by atoms with E-state index >= 15 is 0 Å². The number of hydrogen-bond acceptors (Lipinski definition) is 5. The van der Waals surface area contributed by atoms with Crippen LogP contribution in [-0.2, 0) is 14.8 Å². The molecule has 1 aliphatic carbocycles. The van der Waals surface area contributed by atoms with Gasteiger partial charge in [-0.1, -0.05) is 6.07 Å². The van der Waals surface area contributed by atoms with Crippen LogP contribution in [0.25, 0.3) is 0 Å². The standard InChI is InChI=1S/C21H27N5O4S/c1-15(17-6-7-17)26-20(8-9-22-26)23-21(28)18-4-3-5-19(14-18)31(29,30)25-12-10-24(11-13-25)16(2)27/h3-5,8-9,14-15,17H,6-7,10-13H2,1-2H3,(H,23,28)/t15-/m1/s1. The Hall–Kier alpha value is -2.72. The normalized spacial score (nSPS) is 18.6. The molecule has 1 aliphatic heterocycles. The topological polar surface area (TPSA) is 105 Å². The first-order valence-electron chi connectivity index (χ1n) is 10.5. The number of piperazine rings is 1. The molecule has 1 saturated heterocycles. The lowest BCUT2D eigenvalue weighted by Gasteiger charge is -2.33. The van der Waals surface area contributed by atoms with E-state index in [1.165, 1.54) is 23.4 Å². The molecule has 2 aliphatic rings. The summed E-state index contributed by atoms with van der Waals surface area (Å²) in [5.41, 5.74) is 0.260. The Balaban J connectivity index is 1.49. The summed E-state index contributed by atoms with van der Waals surface area (Å²) >= 11 is 0. The van der Waals surface area contributed by atoms with Crippen molar-refractivity contribution in [2.45, 2.75) is 37.6 Å². The van der Waals surface area contributed by atoms with Crippen molar-refractivity contribution in [3.05, 3.63) is 42.1 Å². The summed E-state index contributed by atoms with van der Waals surface area (Å²) in [6.07, 6.45) is 3.97. The maximum Gasteiger partial charge on any atom is 0.256 e. The number of anilines is 1. The molecule has 0 bridgehead atoms. The van der Waals surface area contributed by atoms with Crippen LogP contribution in [0.3, 0.4) is 0 Å². The first kappa shape index (κ1) is 21.5. The largest absolute Gasteiger partial charge is 0.340 e. The fraction of sp³-hybridized carbons (Fsp3) is 0.476. The lowest BCUT2D eigenvalue weighted by atomic mass is 10.2. The molecule has 0 unspecified atom stereocenters. The predicted molar refractivity (Wildman–Crippen MR) is 115 cm³/mol. The van der Waals surface area contributed by atoms with Gasteiger partial charge in [-0.25, -0.2) is 13.1 Å². The summed E-state index contributed by atoms with van der Waals surface area (Å²) in [7, 11) is -3.76. The van der Waals surface area contributed by atoms with E-state index in [2.05, 4.69) is 17.3 Å². The van der Waals surface area contributed by atoms with Gasteiger partial charge in [0.2, 0.25) is 15.9 Å². The van der Waals surface area contributed by atoms with Gasteiger partial charge in [-0.15, -0.1) is 0 Å². The van der Waals surface area contributed by atoms with Crippen molar-refractivity contribution in [1.82, 2.24) is 19.0 Å². The number of aromatic nitrogens is 2. The van der Waals surface area contributed by atoms with Gasteiger partial charge in [-0.05, 0) is 43.9 Å². The molecule has 10 heteroatoms. The Morgan fingerprint density at radius 2 is 1.84 bits per heavy atom. The maximum atomic E-state index is 13.1. The molecular formula is C21H27N5O4S.